The Morgan fingerprint density at radius 1 is 1.37 bits per heavy atom. The zero-order valence-electron chi connectivity index (χ0n) is 15.3. The number of thiazole rings is 1. The summed E-state index contributed by atoms with van der Waals surface area (Å²) in [6, 6.07) is 5.39. The van der Waals surface area contributed by atoms with Crippen LogP contribution in [0.5, 0.6) is 11.5 Å². The molecule has 0 saturated carbocycles. The van der Waals surface area contributed by atoms with E-state index in [0.717, 1.165) is 25.2 Å². The molecule has 2 heterocycles. The van der Waals surface area contributed by atoms with Gasteiger partial charge in [0.2, 0.25) is 0 Å². The van der Waals surface area contributed by atoms with E-state index in [1.54, 1.807) is 30.8 Å². The van der Waals surface area contributed by atoms with Crippen LogP contribution in [0.15, 0.2) is 29.1 Å². The lowest BCUT2D eigenvalue weighted by atomic mass is 9.94. The quantitative estimate of drug-likeness (QED) is 0.730. The summed E-state index contributed by atoms with van der Waals surface area (Å²) in [4.78, 5) is 16.7. The zero-order chi connectivity index (χ0) is 17.6. The molecule has 0 bridgehead atoms. The molecular weight excluding hydrogens is 409 g/mol. The topological polar surface area (TPSA) is 72.5 Å². The predicted octanol–water partition coefficient (Wildman–Crippen LogP) is 3.30. The van der Waals surface area contributed by atoms with Gasteiger partial charge in [0.1, 0.15) is 6.61 Å². The van der Waals surface area contributed by atoms with Crippen LogP contribution >= 0.6 is 36.2 Å². The van der Waals surface area contributed by atoms with Crippen LogP contribution in [0.3, 0.4) is 0 Å². The van der Waals surface area contributed by atoms with Gasteiger partial charge in [0.05, 0.1) is 18.3 Å². The first-order valence-electron chi connectivity index (χ1n) is 8.37. The van der Waals surface area contributed by atoms with Crippen molar-refractivity contribution in [1.29, 1.82) is 0 Å². The number of hydrogen-bond donors (Lipinski definition) is 2. The van der Waals surface area contributed by atoms with Gasteiger partial charge >= 0.3 is 0 Å². The Bertz CT molecular complexity index is 716. The fourth-order valence-electron chi connectivity index (χ4n) is 2.82. The van der Waals surface area contributed by atoms with Crippen LogP contribution in [0.2, 0.25) is 0 Å². The number of piperidine rings is 1. The van der Waals surface area contributed by atoms with Gasteiger partial charge in [0, 0.05) is 23.5 Å². The summed E-state index contributed by atoms with van der Waals surface area (Å²) in [6.07, 6.45) is 1.07. The summed E-state index contributed by atoms with van der Waals surface area (Å²) < 4.78 is 11.1. The summed E-state index contributed by atoms with van der Waals surface area (Å²) in [6.45, 7) is 4.35. The van der Waals surface area contributed by atoms with E-state index in [2.05, 4.69) is 22.5 Å². The standard InChI is InChI=1S/C18H23N3O3S.2ClH/c1-12-5-6-19-8-15(12)21-18(22)13-3-4-16(17(7-13)23-2)24-9-14-10-25-11-20-14;;/h3-4,7,10-12,15,19H,5-6,8-9H2,1-2H3,(H,21,22);2*1H. The molecule has 150 valence electrons. The average molecular weight is 434 g/mol. The second-order valence-corrected chi connectivity index (χ2v) is 6.90. The van der Waals surface area contributed by atoms with Gasteiger partial charge in [0.15, 0.2) is 11.5 Å². The van der Waals surface area contributed by atoms with Crippen molar-refractivity contribution < 1.29 is 14.3 Å². The molecular formula is C18H25Cl2N3O3S. The fraction of sp³-hybridized carbons (Fsp3) is 0.444. The summed E-state index contributed by atoms with van der Waals surface area (Å²) in [5, 5.41) is 8.36. The molecule has 2 aromatic rings. The molecule has 0 aliphatic carbocycles. The molecule has 1 aromatic carbocycles. The van der Waals surface area contributed by atoms with Crippen LogP contribution < -0.4 is 20.1 Å². The third kappa shape index (κ3) is 6.24. The molecule has 27 heavy (non-hydrogen) atoms. The molecule has 1 amide bonds. The molecule has 1 aliphatic heterocycles. The van der Waals surface area contributed by atoms with Gasteiger partial charge in [-0.1, -0.05) is 6.92 Å². The Morgan fingerprint density at radius 2 is 2.19 bits per heavy atom. The van der Waals surface area contributed by atoms with Gasteiger partial charge in [0.25, 0.3) is 5.91 Å². The van der Waals surface area contributed by atoms with E-state index in [9.17, 15) is 4.79 Å². The number of aromatic nitrogens is 1. The summed E-state index contributed by atoms with van der Waals surface area (Å²) in [5.41, 5.74) is 3.20. The molecule has 1 aromatic heterocycles. The van der Waals surface area contributed by atoms with Crippen LogP contribution in [-0.4, -0.2) is 37.1 Å². The number of hydrogen-bond acceptors (Lipinski definition) is 6. The lowest BCUT2D eigenvalue weighted by molar-refractivity contribution is 0.0915. The number of nitrogens with one attached hydrogen (secondary N) is 2. The minimum absolute atomic E-state index is 0. The number of amides is 1. The number of rotatable bonds is 6. The first-order chi connectivity index (χ1) is 12.2. The summed E-state index contributed by atoms with van der Waals surface area (Å²) in [5.74, 6) is 1.51. The predicted molar refractivity (Wildman–Crippen MR) is 112 cm³/mol. The molecule has 6 nitrogen and oxygen atoms in total. The van der Waals surface area contributed by atoms with Crippen molar-refractivity contribution in [2.24, 2.45) is 5.92 Å². The Hall–Kier alpha value is -1.54. The maximum Gasteiger partial charge on any atom is 0.251 e. The molecule has 2 unspecified atom stereocenters. The number of carbonyl (C=O) groups excluding carboxylic acids is 1. The van der Waals surface area contributed by atoms with Gasteiger partial charge in [-0.15, -0.1) is 36.2 Å². The van der Waals surface area contributed by atoms with Crippen LogP contribution in [-0.2, 0) is 6.61 Å². The molecule has 0 radical (unpaired) electrons. The monoisotopic (exact) mass is 433 g/mol. The molecule has 1 saturated heterocycles. The fourth-order valence-corrected chi connectivity index (χ4v) is 3.37. The van der Waals surface area contributed by atoms with Crippen molar-refractivity contribution in [3.05, 3.63) is 40.3 Å². The van der Waals surface area contributed by atoms with Gasteiger partial charge in [-0.2, -0.15) is 0 Å². The van der Waals surface area contributed by atoms with Crippen LogP contribution in [0.1, 0.15) is 29.4 Å². The number of nitrogens with zero attached hydrogens (tertiary/aromatic N) is 1. The average Bonchev–Trinajstić information content (AvgIpc) is 3.15. The third-order valence-electron chi connectivity index (χ3n) is 4.43. The Kier molecular flexibility index (Phi) is 9.87. The van der Waals surface area contributed by atoms with E-state index in [1.165, 1.54) is 11.3 Å². The van der Waals surface area contributed by atoms with Gasteiger partial charge in [-0.3, -0.25) is 4.79 Å². The lowest BCUT2D eigenvalue weighted by Crippen LogP contribution is -2.50. The van der Waals surface area contributed by atoms with Crippen LogP contribution in [0.25, 0.3) is 0 Å². The highest BCUT2D eigenvalue weighted by Crippen LogP contribution is 2.29. The van der Waals surface area contributed by atoms with Crippen molar-refractivity contribution in [3.8, 4) is 11.5 Å². The van der Waals surface area contributed by atoms with Crippen molar-refractivity contribution in [1.82, 2.24) is 15.6 Å². The Morgan fingerprint density at radius 3 is 2.85 bits per heavy atom. The maximum absolute atomic E-state index is 12.5. The minimum Gasteiger partial charge on any atom is -0.493 e. The SMILES string of the molecule is COc1cc(C(=O)NC2CNCCC2C)ccc1OCc1cscn1.Cl.Cl. The van der Waals surface area contributed by atoms with Gasteiger partial charge < -0.3 is 20.1 Å². The van der Waals surface area contributed by atoms with Crippen molar-refractivity contribution in [2.75, 3.05) is 20.2 Å². The maximum atomic E-state index is 12.5. The first-order valence-corrected chi connectivity index (χ1v) is 9.31. The normalized spacial score (nSPS) is 18.6. The van der Waals surface area contributed by atoms with Crippen molar-refractivity contribution in [3.63, 3.8) is 0 Å². The van der Waals surface area contributed by atoms with Crippen molar-refractivity contribution in [2.45, 2.75) is 26.0 Å². The van der Waals surface area contributed by atoms with Gasteiger partial charge in [-0.25, -0.2) is 4.98 Å². The Labute approximate surface area is 175 Å². The smallest absolute Gasteiger partial charge is 0.251 e. The number of halogens is 2. The highest BCUT2D eigenvalue weighted by molar-refractivity contribution is 7.07. The molecule has 9 heteroatoms. The van der Waals surface area contributed by atoms with E-state index in [1.807, 2.05) is 5.38 Å². The molecule has 1 aliphatic rings. The Balaban J connectivity index is 0.00000182. The molecule has 0 spiro atoms. The van der Waals surface area contributed by atoms with E-state index < -0.39 is 0 Å². The van der Waals surface area contributed by atoms with E-state index >= 15 is 0 Å². The second-order valence-electron chi connectivity index (χ2n) is 6.18. The highest BCUT2D eigenvalue weighted by atomic mass is 35.5. The third-order valence-corrected chi connectivity index (χ3v) is 5.06. The largest absolute Gasteiger partial charge is 0.493 e. The summed E-state index contributed by atoms with van der Waals surface area (Å²) in [7, 11) is 1.57. The number of ether oxygens (including phenoxy) is 2. The van der Waals surface area contributed by atoms with E-state index in [4.69, 9.17) is 9.47 Å². The molecule has 3 rings (SSSR count). The van der Waals surface area contributed by atoms with E-state index in [0.29, 0.717) is 29.6 Å². The second kappa shape index (κ2) is 11.3. The number of methoxy groups -OCH3 is 1. The lowest BCUT2D eigenvalue weighted by Gasteiger charge is -2.30. The minimum atomic E-state index is -0.0927. The van der Waals surface area contributed by atoms with Gasteiger partial charge in [-0.05, 0) is 37.1 Å². The molecule has 2 atom stereocenters. The highest BCUT2D eigenvalue weighted by Gasteiger charge is 2.23. The number of benzene rings is 1. The first kappa shape index (κ1) is 23.5. The number of carbonyl (C=O) groups is 1. The molecule has 1 fully saturated rings. The summed E-state index contributed by atoms with van der Waals surface area (Å²) >= 11 is 1.53. The van der Waals surface area contributed by atoms with E-state index in [-0.39, 0.29) is 36.8 Å². The van der Waals surface area contributed by atoms with Crippen molar-refractivity contribution >= 4 is 42.1 Å². The van der Waals surface area contributed by atoms with Crippen LogP contribution in [0.4, 0.5) is 0 Å². The van der Waals surface area contributed by atoms with Crippen LogP contribution in [0, 0.1) is 5.92 Å². The zero-order valence-corrected chi connectivity index (χ0v) is 17.7. The molecule has 2 N–H and O–H groups in total.